The average molecular weight is 280 g/mol. The number of rotatable bonds is 5. The number of ether oxygens (including phenoxy) is 1. The number of nitrogens with one attached hydrogen (secondary N) is 1. The molecule has 1 unspecified atom stereocenters. The molecule has 0 spiro atoms. The van der Waals surface area contributed by atoms with E-state index in [2.05, 4.69) is 34.0 Å². The number of anilines is 2. The highest BCUT2D eigenvalue weighted by Crippen LogP contribution is 2.25. The molecule has 0 aromatic carbocycles. The van der Waals surface area contributed by atoms with E-state index in [0.29, 0.717) is 13.2 Å². The number of aryl methyl sites for hydroxylation is 1. The summed E-state index contributed by atoms with van der Waals surface area (Å²) in [5.41, 5.74) is 1.06. The zero-order valence-electron chi connectivity index (χ0n) is 12.5. The predicted octanol–water partition coefficient (Wildman–Crippen LogP) is 0.977. The van der Waals surface area contributed by atoms with Crippen molar-refractivity contribution in [3.63, 3.8) is 0 Å². The standard InChI is InChI=1S/C14H24N4O2/c1-4-12-16-13(15-5-2)10(3)14(17-12)18-6-7-20-11(8-18)9-19/h11,19H,4-9H2,1-3H3,(H,15,16,17). The SMILES string of the molecule is CCNc1nc(CC)nc(N2CCOC(CO)C2)c1C. The van der Waals surface area contributed by atoms with Crippen LogP contribution >= 0.6 is 0 Å². The van der Waals surface area contributed by atoms with E-state index in [0.717, 1.165) is 42.5 Å². The summed E-state index contributed by atoms with van der Waals surface area (Å²) in [5, 5.41) is 12.6. The van der Waals surface area contributed by atoms with Crippen LogP contribution in [0.2, 0.25) is 0 Å². The largest absolute Gasteiger partial charge is 0.394 e. The van der Waals surface area contributed by atoms with E-state index in [1.807, 2.05) is 6.92 Å². The molecule has 6 nitrogen and oxygen atoms in total. The highest BCUT2D eigenvalue weighted by molar-refractivity contribution is 5.59. The normalized spacial score (nSPS) is 19.2. The molecule has 0 saturated carbocycles. The van der Waals surface area contributed by atoms with Gasteiger partial charge in [0.25, 0.3) is 0 Å². The maximum atomic E-state index is 9.27. The summed E-state index contributed by atoms with van der Waals surface area (Å²) >= 11 is 0. The molecule has 1 saturated heterocycles. The number of hydrogen-bond acceptors (Lipinski definition) is 6. The van der Waals surface area contributed by atoms with Crippen LogP contribution in [-0.4, -0.2) is 54.0 Å². The lowest BCUT2D eigenvalue weighted by atomic mass is 10.2. The molecule has 1 aliphatic rings. The first-order valence-electron chi connectivity index (χ1n) is 7.28. The van der Waals surface area contributed by atoms with E-state index in [4.69, 9.17) is 4.74 Å². The number of aliphatic hydroxyl groups is 1. The molecule has 1 aromatic rings. The fourth-order valence-corrected chi connectivity index (χ4v) is 2.38. The summed E-state index contributed by atoms with van der Waals surface area (Å²) in [6, 6.07) is 0. The molecule has 1 atom stereocenters. The first kappa shape index (κ1) is 15.0. The van der Waals surface area contributed by atoms with Crippen LogP contribution in [0.1, 0.15) is 25.2 Å². The molecule has 0 radical (unpaired) electrons. The van der Waals surface area contributed by atoms with Crippen molar-refractivity contribution >= 4 is 11.6 Å². The minimum absolute atomic E-state index is 0.0430. The molecule has 20 heavy (non-hydrogen) atoms. The molecular weight excluding hydrogens is 256 g/mol. The van der Waals surface area contributed by atoms with Crippen molar-refractivity contribution < 1.29 is 9.84 Å². The van der Waals surface area contributed by atoms with Gasteiger partial charge in [0, 0.05) is 31.6 Å². The van der Waals surface area contributed by atoms with Crippen molar-refractivity contribution in [3.05, 3.63) is 11.4 Å². The Bertz CT molecular complexity index is 453. The summed E-state index contributed by atoms with van der Waals surface area (Å²) in [6.07, 6.45) is 0.671. The third kappa shape index (κ3) is 3.19. The Hall–Kier alpha value is -1.40. The van der Waals surface area contributed by atoms with Gasteiger partial charge in [0.2, 0.25) is 0 Å². The third-order valence-electron chi connectivity index (χ3n) is 3.47. The van der Waals surface area contributed by atoms with Gasteiger partial charge in [-0.3, -0.25) is 0 Å². The molecule has 0 bridgehead atoms. The van der Waals surface area contributed by atoms with Crippen molar-refractivity contribution in [1.29, 1.82) is 0 Å². The van der Waals surface area contributed by atoms with Crippen molar-refractivity contribution in [2.75, 3.05) is 43.1 Å². The van der Waals surface area contributed by atoms with Gasteiger partial charge in [-0.15, -0.1) is 0 Å². The van der Waals surface area contributed by atoms with Gasteiger partial charge in [-0.25, -0.2) is 9.97 Å². The molecule has 6 heteroatoms. The second-order valence-electron chi connectivity index (χ2n) is 4.94. The van der Waals surface area contributed by atoms with Crippen molar-refractivity contribution in [1.82, 2.24) is 9.97 Å². The lowest BCUT2D eigenvalue weighted by Crippen LogP contribution is -2.45. The second kappa shape index (κ2) is 6.85. The van der Waals surface area contributed by atoms with E-state index in [-0.39, 0.29) is 12.7 Å². The Labute approximate surface area is 120 Å². The van der Waals surface area contributed by atoms with Crippen LogP contribution in [0.5, 0.6) is 0 Å². The van der Waals surface area contributed by atoms with Crippen molar-refractivity contribution in [2.24, 2.45) is 0 Å². The summed E-state index contributed by atoms with van der Waals surface area (Å²) in [5.74, 6) is 2.70. The molecule has 0 aliphatic carbocycles. The fraction of sp³-hybridized carbons (Fsp3) is 0.714. The molecular formula is C14H24N4O2. The number of aromatic nitrogens is 2. The van der Waals surface area contributed by atoms with Gasteiger partial charge < -0.3 is 20.1 Å². The summed E-state index contributed by atoms with van der Waals surface area (Å²) < 4.78 is 5.50. The maximum Gasteiger partial charge on any atom is 0.137 e. The van der Waals surface area contributed by atoms with Gasteiger partial charge in [-0.2, -0.15) is 0 Å². The Morgan fingerprint density at radius 2 is 2.20 bits per heavy atom. The second-order valence-corrected chi connectivity index (χ2v) is 4.94. The van der Waals surface area contributed by atoms with Crippen LogP contribution in [0.3, 0.4) is 0 Å². The number of nitrogens with zero attached hydrogens (tertiary/aromatic N) is 3. The Morgan fingerprint density at radius 3 is 2.85 bits per heavy atom. The first-order chi connectivity index (χ1) is 9.69. The van der Waals surface area contributed by atoms with Crippen molar-refractivity contribution in [3.8, 4) is 0 Å². The molecule has 2 N–H and O–H groups in total. The highest BCUT2D eigenvalue weighted by Gasteiger charge is 2.23. The lowest BCUT2D eigenvalue weighted by molar-refractivity contribution is 0.00332. The molecule has 112 valence electrons. The summed E-state index contributed by atoms with van der Waals surface area (Å²) in [4.78, 5) is 11.4. The average Bonchev–Trinajstić information content (AvgIpc) is 2.49. The van der Waals surface area contributed by atoms with Crippen LogP contribution in [0.4, 0.5) is 11.6 Å². The Kier molecular flexibility index (Phi) is 5.14. The van der Waals surface area contributed by atoms with E-state index in [9.17, 15) is 5.11 Å². The zero-order valence-corrected chi connectivity index (χ0v) is 12.5. The van der Waals surface area contributed by atoms with Gasteiger partial charge in [0.15, 0.2) is 0 Å². The van der Waals surface area contributed by atoms with Gasteiger partial charge in [0.1, 0.15) is 17.5 Å². The minimum Gasteiger partial charge on any atom is -0.394 e. The van der Waals surface area contributed by atoms with Gasteiger partial charge in [-0.05, 0) is 13.8 Å². The van der Waals surface area contributed by atoms with Crippen LogP contribution < -0.4 is 10.2 Å². The van der Waals surface area contributed by atoms with Crippen LogP contribution in [0.15, 0.2) is 0 Å². The summed E-state index contributed by atoms with van der Waals surface area (Å²) in [7, 11) is 0. The maximum absolute atomic E-state index is 9.27. The van der Waals surface area contributed by atoms with Crippen LogP contribution in [-0.2, 0) is 11.2 Å². The van der Waals surface area contributed by atoms with Gasteiger partial charge >= 0.3 is 0 Å². The van der Waals surface area contributed by atoms with E-state index >= 15 is 0 Å². The topological polar surface area (TPSA) is 70.5 Å². The lowest BCUT2D eigenvalue weighted by Gasteiger charge is -2.34. The van der Waals surface area contributed by atoms with Crippen molar-refractivity contribution in [2.45, 2.75) is 33.3 Å². The van der Waals surface area contributed by atoms with E-state index in [1.165, 1.54) is 0 Å². The molecule has 1 aliphatic heterocycles. The number of morpholine rings is 1. The molecule has 1 fully saturated rings. The summed E-state index contributed by atoms with van der Waals surface area (Å²) in [6.45, 7) is 9.11. The predicted molar refractivity (Wildman–Crippen MR) is 79.3 cm³/mol. The number of aliphatic hydroxyl groups excluding tert-OH is 1. The van der Waals surface area contributed by atoms with Crippen LogP contribution in [0, 0.1) is 6.92 Å². The Morgan fingerprint density at radius 1 is 1.40 bits per heavy atom. The third-order valence-corrected chi connectivity index (χ3v) is 3.47. The van der Waals surface area contributed by atoms with E-state index in [1.54, 1.807) is 0 Å². The number of hydrogen-bond donors (Lipinski definition) is 2. The quantitative estimate of drug-likeness (QED) is 0.838. The molecule has 2 rings (SSSR count). The smallest absolute Gasteiger partial charge is 0.137 e. The zero-order chi connectivity index (χ0) is 14.5. The minimum atomic E-state index is -0.134. The molecule has 0 amide bonds. The van der Waals surface area contributed by atoms with Gasteiger partial charge in [0.05, 0.1) is 19.3 Å². The monoisotopic (exact) mass is 280 g/mol. The van der Waals surface area contributed by atoms with Crippen LogP contribution in [0.25, 0.3) is 0 Å². The molecule has 2 heterocycles. The first-order valence-corrected chi connectivity index (χ1v) is 7.28. The fourth-order valence-electron chi connectivity index (χ4n) is 2.38. The Balaban J connectivity index is 2.31. The molecule has 1 aromatic heterocycles. The van der Waals surface area contributed by atoms with Gasteiger partial charge in [-0.1, -0.05) is 6.92 Å². The highest BCUT2D eigenvalue weighted by atomic mass is 16.5. The van der Waals surface area contributed by atoms with E-state index < -0.39 is 0 Å².